The normalized spacial score (nSPS) is 19.0. The molecule has 0 aliphatic carbocycles. The lowest BCUT2D eigenvalue weighted by Gasteiger charge is -2.18. The van der Waals surface area contributed by atoms with E-state index in [1.54, 1.807) is 39.3 Å². The number of amides is 3. The first-order chi connectivity index (χ1) is 12.3. The number of nitrogens with zero attached hydrogens (tertiary/aromatic N) is 4. The molecule has 0 bridgehead atoms. The highest BCUT2D eigenvalue weighted by atomic mass is 16.7. The number of fused-ring (bicyclic) bond motifs is 1. The van der Waals surface area contributed by atoms with Crippen LogP contribution in [0.5, 0.6) is 11.5 Å². The largest absolute Gasteiger partial charge is 0.454 e. The summed E-state index contributed by atoms with van der Waals surface area (Å²) in [6.45, 7) is 0.141. The van der Waals surface area contributed by atoms with Crippen LogP contribution in [0.25, 0.3) is 11.3 Å². The zero-order valence-corrected chi connectivity index (χ0v) is 14.8. The average molecular weight is 358 g/mol. The summed E-state index contributed by atoms with van der Waals surface area (Å²) >= 11 is 0. The molecular formula is C17H18N4O5. The van der Waals surface area contributed by atoms with E-state index in [0.717, 1.165) is 4.90 Å². The Kier molecular flexibility index (Phi) is 3.36. The summed E-state index contributed by atoms with van der Waals surface area (Å²) in [6, 6.07) is 4.05. The van der Waals surface area contributed by atoms with Crippen molar-refractivity contribution in [1.82, 2.24) is 18.9 Å². The fourth-order valence-electron chi connectivity index (χ4n) is 3.54. The van der Waals surface area contributed by atoms with Crippen molar-refractivity contribution < 1.29 is 19.1 Å². The van der Waals surface area contributed by atoms with Gasteiger partial charge in [0.1, 0.15) is 0 Å². The third-order valence-electron chi connectivity index (χ3n) is 4.96. The fourth-order valence-corrected chi connectivity index (χ4v) is 3.54. The van der Waals surface area contributed by atoms with Gasteiger partial charge in [0, 0.05) is 33.8 Å². The Balaban J connectivity index is 1.95. The number of carbonyl (C=O) groups excluding carboxylic acids is 2. The average Bonchev–Trinajstić information content (AvgIpc) is 3.24. The third kappa shape index (κ3) is 2.00. The van der Waals surface area contributed by atoms with Crippen LogP contribution in [-0.2, 0) is 18.9 Å². The molecule has 4 rings (SSSR count). The van der Waals surface area contributed by atoms with Gasteiger partial charge in [0.2, 0.25) is 6.79 Å². The van der Waals surface area contributed by atoms with Crippen molar-refractivity contribution >= 4 is 11.9 Å². The predicted molar refractivity (Wildman–Crippen MR) is 90.9 cm³/mol. The van der Waals surface area contributed by atoms with Gasteiger partial charge in [-0.25, -0.2) is 9.59 Å². The topological polar surface area (TPSA) is 86.0 Å². The van der Waals surface area contributed by atoms with E-state index < -0.39 is 12.1 Å². The molecule has 9 nitrogen and oxygen atoms in total. The van der Waals surface area contributed by atoms with Crippen LogP contribution in [0.1, 0.15) is 11.7 Å². The molecule has 2 aliphatic heterocycles. The smallest absolute Gasteiger partial charge is 0.328 e. The van der Waals surface area contributed by atoms with E-state index in [1.165, 1.54) is 21.1 Å². The molecule has 1 saturated heterocycles. The molecule has 26 heavy (non-hydrogen) atoms. The molecule has 1 atom stereocenters. The van der Waals surface area contributed by atoms with Crippen LogP contribution in [0.4, 0.5) is 4.79 Å². The molecule has 3 heterocycles. The number of rotatable bonds is 2. The van der Waals surface area contributed by atoms with Gasteiger partial charge in [-0.05, 0) is 18.2 Å². The zero-order valence-electron chi connectivity index (χ0n) is 14.8. The second-order valence-electron chi connectivity index (χ2n) is 6.40. The lowest BCUT2D eigenvalue weighted by Crippen LogP contribution is -2.28. The van der Waals surface area contributed by atoms with Crippen LogP contribution in [0.15, 0.2) is 23.0 Å². The molecular weight excluding hydrogens is 340 g/mol. The van der Waals surface area contributed by atoms with Gasteiger partial charge in [-0.3, -0.25) is 18.8 Å². The number of ether oxygens (including phenoxy) is 2. The first kappa shape index (κ1) is 16.2. The van der Waals surface area contributed by atoms with E-state index in [2.05, 4.69) is 0 Å². The lowest BCUT2D eigenvalue weighted by molar-refractivity contribution is -0.127. The van der Waals surface area contributed by atoms with Crippen LogP contribution in [0.3, 0.4) is 0 Å². The molecule has 3 amide bonds. The summed E-state index contributed by atoms with van der Waals surface area (Å²) in [5, 5.41) is 0. The van der Waals surface area contributed by atoms with Crippen molar-refractivity contribution in [1.29, 1.82) is 0 Å². The maximum Gasteiger partial charge on any atom is 0.328 e. The molecule has 0 spiro atoms. The van der Waals surface area contributed by atoms with Crippen LogP contribution in [-0.4, -0.2) is 51.8 Å². The summed E-state index contributed by atoms with van der Waals surface area (Å²) < 4.78 is 13.6. The van der Waals surface area contributed by atoms with Gasteiger partial charge in [-0.2, -0.15) is 0 Å². The number of carbonyl (C=O) groups is 2. The summed E-state index contributed by atoms with van der Waals surface area (Å²) in [6.07, 6.45) is 0. The van der Waals surface area contributed by atoms with Crippen molar-refractivity contribution in [3.8, 4) is 22.8 Å². The van der Waals surface area contributed by atoms with Gasteiger partial charge >= 0.3 is 11.7 Å². The van der Waals surface area contributed by atoms with Crippen molar-refractivity contribution in [2.75, 3.05) is 20.9 Å². The highest BCUT2D eigenvalue weighted by Gasteiger charge is 2.45. The molecule has 0 radical (unpaired) electrons. The Bertz CT molecular complexity index is 1010. The number of benzene rings is 1. The standard InChI is InChI=1S/C17H18N4O5/c1-18-12(9-5-6-10-11(7-9)26-8-25-10)13(19(2)16(18)23)14-15(22)21(4)17(24)20(14)3/h5-7,14H,8H2,1-4H3. The van der Waals surface area contributed by atoms with Crippen molar-refractivity contribution in [2.24, 2.45) is 14.1 Å². The molecule has 1 unspecified atom stereocenters. The second-order valence-corrected chi connectivity index (χ2v) is 6.40. The zero-order chi connectivity index (χ0) is 18.7. The molecule has 0 N–H and O–H groups in total. The molecule has 2 aromatic rings. The highest BCUT2D eigenvalue weighted by molar-refractivity contribution is 6.04. The monoisotopic (exact) mass is 358 g/mol. The number of urea groups is 1. The second kappa shape index (κ2) is 5.38. The maximum absolute atomic E-state index is 12.7. The van der Waals surface area contributed by atoms with E-state index in [0.29, 0.717) is 28.5 Å². The Morgan fingerprint density at radius 1 is 0.962 bits per heavy atom. The third-order valence-corrected chi connectivity index (χ3v) is 4.96. The first-order valence-corrected chi connectivity index (χ1v) is 8.03. The molecule has 1 aromatic heterocycles. The van der Waals surface area contributed by atoms with Gasteiger partial charge in [0.05, 0.1) is 11.4 Å². The van der Waals surface area contributed by atoms with Crippen LogP contribution < -0.4 is 15.2 Å². The lowest BCUT2D eigenvalue weighted by atomic mass is 10.0. The SMILES string of the molecule is CN1C(=O)C(c2c(-c3ccc4c(c3)OCO4)n(C)c(=O)n2C)N(C)C1=O. The summed E-state index contributed by atoms with van der Waals surface area (Å²) in [4.78, 5) is 39.9. The Morgan fingerprint density at radius 3 is 2.31 bits per heavy atom. The van der Waals surface area contributed by atoms with Crippen molar-refractivity contribution in [3.63, 3.8) is 0 Å². The van der Waals surface area contributed by atoms with Crippen LogP contribution in [0, 0.1) is 0 Å². The minimum atomic E-state index is -0.869. The number of aromatic nitrogens is 2. The minimum absolute atomic E-state index is 0.141. The highest BCUT2D eigenvalue weighted by Crippen LogP contribution is 2.39. The molecule has 2 aliphatic rings. The van der Waals surface area contributed by atoms with Crippen molar-refractivity contribution in [3.05, 3.63) is 34.4 Å². The molecule has 1 aromatic carbocycles. The number of hydrogen-bond donors (Lipinski definition) is 0. The van der Waals surface area contributed by atoms with E-state index >= 15 is 0 Å². The predicted octanol–water partition coefficient (Wildman–Crippen LogP) is 0.684. The fraction of sp³-hybridized carbons (Fsp3) is 0.353. The molecule has 1 fully saturated rings. The van der Waals surface area contributed by atoms with Gasteiger partial charge in [-0.15, -0.1) is 0 Å². The van der Waals surface area contributed by atoms with Crippen molar-refractivity contribution in [2.45, 2.75) is 6.04 Å². The van der Waals surface area contributed by atoms with E-state index in [1.807, 2.05) is 0 Å². The number of imidazole rings is 1. The van der Waals surface area contributed by atoms with Crippen LogP contribution in [0.2, 0.25) is 0 Å². The minimum Gasteiger partial charge on any atom is -0.454 e. The number of hydrogen-bond acceptors (Lipinski definition) is 5. The van der Waals surface area contributed by atoms with E-state index in [9.17, 15) is 14.4 Å². The number of likely N-dealkylation sites (N-methyl/N-ethyl adjacent to an activating group) is 2. The first-order valence-electron chi connectivity index (χ1n) is 8.03. The van der Waals surface area contributed by atoms with E-state index in [4.69, 9.17) is 9.47 Å². The van der Waals surface area contributed by atoms with Gasteiger partial charge in [-0.1, -0.05) is 0 Å². The Hall–Kier alpha value is -3.23. The van der Waals surface area contributed by atoms with Gasteiger partial charge < -0.3 is 14.4 Å². The Labute approximate surface area is 148 Å². The number of imide groups is 1. The van der Waals surface area contributed by atoms with E-state index in [-0.39, 0.29) is 18.4 Å². The molecule has 0 saturated carbocycles. The summed E-state index contributed by atoms with van der Waals surface area (Å²) in [5.41, 5.74) is 1.44. The molecule has 136 valence electrons. The molecule has 9 heteroatoms. The Morgan fingerprint density at radius 2 is 1.65 bits per heavy atom. The van der Waals surface area contributed by atoms with Crippen LogP contribution >= 0.6 is 0 Å². The van der Waals surface area contributed by atoms with Gasteiger partial charge in [0.15, 0.2) is 17.5 Å². The van der Waals surface area contributed by atoms with Gasteiger partial charge in [0.25, 0.3) is 5.91 Å². The summed E-state index contributed by atoms with van der Waals surface area (Å²) in [5.74, 6) is 0.824. The maximum atomic E-state index is 12.7. The summed E-state index contributed by atoms with van der Waals surface area (Å²) in [7, 11) is 6.21. The quantitative estimate of drug-likeness (QED) is 0.737.